The molecule has 0 aliphatic heterocycles. The van der Waals surface area contributed by atoms with E-state index >= 15 is 0 Å². The summed E-state index contributed by atoms with van der Waals surface area (Å²) in [4.78, 5) is 0. The lowest BCUT2D eigenvalue weighted by molar-refractivity contribution is -0.192. The van der Waals surface area contributed by atoms with Crippen molar-refractivity contribution < 1.29 is 18.3 Å². The highest BCUT2D eigenvalue weighted by molar-refractivity contribution is 5.16. The van der Waals surface area contributed by atoms with Crippen molar-refractivity contribution in [1.29, 1.82) is 0 Å². The summed E-state index contributed by atoms with van der Waals surface area (Å²) in [6.07, 6.45) is 20.8. The lowest BCUT2D eigenvalue weighted by Crippen LogP contribution is -2.39. The molecule has 0 heterocycles. The van der Waals surface area contributed by atoms with E-state index in [9.17, 15) is 18.3 Å². The fourth-order valence-electron chi connectivity index (χ4n) is 11.9. The van der Waals surface area contributed by atoms with Crippen LogP contribution in [0, 0.1) is 76.9 Å². The lowest BCUT2D eigenvalue weighted by Gasteiger charge is -2.45. The Hall–Kier alpha value is -0.770. The summed E-state index contributed by atoms with van der Waals surface area (Å²) >= 11 is 0. The van der Waals surface area contributed by atoms with Gasteiger partial charge in [0.2, 0.25) is 0 Å². The van der Waals surface area contributed by atoms with E-state index in [4.69, 9.17) is 0 Å². The summed E-state index contributed by atoms with van der Waals surface area (Å²) in [5.74, 6) is 4.75. The van der Waals surface area contributed by atoms with Gasteiger partial charge in [0.15, 0.2) is 0 Å². The van der Waals surface area contributed by atoms with Crippen LogP contribution in [-0.2, 0) is 0 Å². The number of aliphatic hydroxyl groups is 1. The van der Waals surface area contributed by atoms with Gasteiger partial charge in [-0.05, 0) is 129 Å². The van der Waals surface area contributed by atoms with Crippen LogP contribution < -0.4 is 0 Å². The molecule has 6 aliphatic rings. The standard InChI is InChI=1S/C40H63F3O/c1-25-9-12-28(13-10-25)20-33-16-14-29(21-37(33)40(41,42)43)22-38(44)34-15-11-26(2)35(24-34)39-27(3)19-32-18-17-31(23-36(32)39)30-7-5-4-6-8-30/h14,16,25-26,28-39,44H,3-13,15,17-24H2,1-2H3. The second-order valence-electron chi connectivity index (χ2n) is 17.4. The van der Waals surface area contributed by atoms with Crippen LogP contribution >= 0.6 is 0 Å². The van der Waals surface area contributed by atoms with Crippen molar-refractivity contribution in [2.75, 3.05) is 0 Å². The second kappa shape index (κ2) is 14.1. The van der Waals surface area contributed by atoms with Gasteiger partial charge in [-0.3, -0.25) is 0 Å². The molecule has 0 amide bonds. The first-order valence-electron chi connectivity index (χ1n) is 19.2. The van der Waals surface area contributed by atoms with Crippen molar-refractivity contribution in [1.82, 2.24) is 0 Å². The zero-order valence-electron chi connectivity index (χ0n) is 28.0. The Bertz CT molecular complexity index is 972. The third-order valence-corrected chi connectivity index (χ3v) is 14.6. The third-order valence-electron chi connectivity index (χ3n) is 14.6. The zero-order chi connectivity index (χ0) is 31.0. The van der Waals surface area contributed by atoms with Crippen LogP contribution in [0.25, 0.3) is 0 Å². The minimum atomic E-state index is -4.17. The molecule has 4 heteroatoms. The fourth-order valence-corrected chi connectivity index (χ4v) is 11.9. The van der Waals surface area contributed by atoms with Gasteiger partial charge in [0, 0.05) is 0 Å². The van der Waals surface area contributed by atoms with Gasteiger partial charge in [-0.2, -0.15) is 13.2 Å². The summed E-state index contributed by atoms with van der Waals surface area (Å²) in [7, 11) is 0. The summed E-state index contributed by atoms with van der Waals surface area (Å²) in [6.45, 7) is 9.38. The normalized spacial score (nSPS) is 44.8. The highest BCUT2D eigenvalue weighted by atomic mass is 19.4. The molecule has 250 valence electrons. The van der Waals surface area contributed by atoms with E-state index in [2.05, 4.69) is 26.5 Å². The molecule has 1 nitrogen and oxygen atoms in total. The summed E-state index contributed by atoms with van der Waals surface area (Å²) in [5.41, 5.74) is 1.48. The summed E-state index contributed by atoms with van der Waals surface area (Å²) in [5, 5.41) is 11.6. The van der Waals surface area contributed by atoms with E-state index in [-0.39, 0.29) is 18.3 Å². The van der Waals surface area contributed by atoms with Gasteiger partial charge in [0.05, 0.1) is 12.0 Å². The van der Waals surface area contributed by atoms with Crippen molar-refractivity contribution in [2.45, 2.75) is 148 Å². The molecule has 0 bridgehead atoms. The first-order chi connectivity index (χ1) is 21.1. The minimum absolute atomic E-state index is 0.156. The maximum Gasteiger partial charge on any atom is 0.392 e. The van der Waals surface area contributed by atoms with Gasteiger partial charge in [0.1, 0.15) is 0 Å². The predicted molar refractivity (Wildman–Crippen MR) is 175 cm³/mol. The molecule has 0 radical (unpaired) electrons. The summed E-state index contributed by atoms with van der Waals surface area (Å²) < 4.78 is 43.1. The molecule has 0 aromatic rings. The molecule has 11 unspecified atom stereocenters. The maximum absolute atomic E-state index is 14.4. The largest absolute Gasteiger partial charge is 0.393 e. The van der Waals surface area contributed by atoms with Crippen molar-refractivity contribution in [3.8, 4) is 0 Å². The van der Waals surface area contributed by atoms with Gasteiger partial charge in [-0.25, -0.2) is 0 Å². The Labute approximate surface area is 267 Å². The van der Waals surface area contributed by atoms with Crippen molar-refractivity contribution in [3.63, 3.8) is 0 Å². The fraction of sp³-hybridized carbons (Fsp3) is 0.900. The molecule has 0 spiro atoms. The molecule has 0 aromatic carbocycles. The van der Waals surface area contributed by atoms with E-state index in [1.807, 2.05) is 6.08 Å². The van der Waals surface area contributed by atoms with Crippen LogP contribution in [0.1, 0.15) is 136 Å². The number of fused-ring (bicyclic) bond motifs is 1. The quantitative estimate of drug-likeness (QED) is 0.282. The van der Waals surface area contributed by atoms with Crippen LogP contribution in [0.4, 0.5) is 13.2 Å². The number of alkyl halides is 3. The first-order valence-corrected chi connectivity index (χ1v) is 19.2. The number of halogens is 3. The second-order valence-corrected chi connectivity index (χ2v) is 17.4. The Kier molecular flexibility index (Phi) is 10.7. The number of hydrogen-bond donors (Lipinski definition) is 1. The van der Waals surface area contributed by atoms with E-state index in [0.717, 1.165) is 68.6 Å². The Morgan fingerprint density at radius 3 is 2.25 bits per heavy atom. The average Bonchev–Trinajstić information content (AvgIpc) is 3.33. The highest BCUT2D eigenvalue weighted by Crippen LogP contribution is 2.58. The van der Waals surface area contributed by atoms with Crippen LogP contribution in [0.15, 0.2) is 24.3 Å². The predicted octanol–water partition coefficient (Wildman–Crippen LogP) is 11.6. The third kappa shape index (κ3) is 7.52. The molecular formula is C40H63F3O. The van der Waals surface area contributed by atoms with E-state index in [1.165, 1.54) is 63.4 Å². The SMILES string of the molecule is C=C1CC2CCC(C3CCCCC3)CC2C1C1CC(C(O)CC2C=CC(CC3CCC(C)CC3)C(C(F)(F)F)C2)CCC1C. The molecule has 0 saturated heterocycles. The van der Waals surface area contributed by atoms with E-state index in [0.29, 0.717) is 42.4 Å². The summed E-state index contributed by atoms with van der Waals surface area (Å²) in [6, 6.07) is 0. The maximum atomic E-state index is 14.4. The smallest absolute Gasteiger partial charge is 0.392 e. The number of hydrogen-bond acceptors (Lipinski definition) is 1. The van der Waals surface area contributed by atoms with Gasteiger partial charge < -0.3 is 5.11 Å². The molecule has 6 aliphatic carbocycles. The van der Waals surface area contributed by atoms with Crippen molar-refractivity contribution >= 4 is 0 Å². The van der Waals surface area contributed by atoms with Crippen molar-refractivity contribution in [2.24, 2.45) is 76.9 Å². The number of allylic oxidation sites excluding steroid dienone is 3. The molecule has 44 heavy (non-hydrogen) atoms. The van der Waals surface area contributed by atoms with Gasteiger partial charge in [-0.1, -0.05) is 102 Å². The van der Waals surface area contributed by atoms with Gasteiger partial charge in [0.25, 0.3) is 0 Å². The molecule has 1 N–H and O–H groups in total. The van der Waals surface area contributed by atoms with Crippen molar-refractivity contribution in [3.05, 3.63) is 24.3 Å². The molecule has 6 rings (SSSR count). The first kappa shape index (κ1) is 33.1. The van der Waals surface area contributed by atoms with Crippen LogP contribution in [-0.4, -0.2) is 17.4 Å². The lowest BCUT2D eigenvalue weighted by atomic mass is 9.60. The number of aliphatic hydroxyl groups excluding tert-OH is 1. The zero-order valence-corrected chi connectivity index (χ0v) is 28.0. The minimum Gasteiger partial charge on any atom is -0.393 e. The molecule has 5 saturated carbocycles. The Morgan fingerprint density at radius 2 is 1.52 bits per heavy atom. The van der Waals surface area contributed by atoms with Gasteiger partial charge in [-0.15, -0.1) is 0 Å². The van der Waals surface area contributed by atoms with E-state index in [1.54, 1.807) is 0 Å². The number of rotatable bonds is 7. The molecule has 5 fully saturated rings. The van der Waals surface area contributed by atoms with Crippen LogP contribution in [0.2, 0.25) is 0 Å². The average molecular weight is 617 g/mol. The topological polar surface area (TPSA) is 20.2 Å². The molecule has 0 aromatic heterocycles. The monoisotopic (exact) mass is 616 g/mol. The highest BCUT2D eigenvalue weighted by Gasteiger charge is 2.50. The van der Waals surface area contributed by atoms with Crippen LogP contribution in [0.5, 0.6) is 0 Å². The Balaban J connectivity index is 1.08. The van der Waals surface area contributed by atoms with E-state index < -0.39 is 24.1 Å². The molecule has 11 atom stereocenters. The van der Waals surface area contributed by atoms with Gasteiger partial charge >= 0.3 is 6.18 Å². The Morgan fingerprint density at radius 1 is 0.795 bits per heavy atom. The molecular weight excluding hydrogens is 553 g/mol. The van der Waals surface area contributed by atoms with Crippen LogP contribution in [0.3, 0.4) is 0 Å².